The molecule has 0 bridgehead atoms. The van der Waals surface area contributed by atoms with Gasteiger partial charge in [0.2, 0.25) is 0 Å². The van der Waals surface area contributed by atoms with E-state index in [2.05, 4.69) is 15.6 Å². The summed E-state index contributed by atoms with van der Waals surface area (Å²) in [5.41, 5.74) is 8.03. The highest BCUT2D eigenvalue weighted by Gasteiger charge is 2.13. The molecule has 0 fully saturated rings. The van der Waals surface area contributed by atoms with Crippen LogP contribution in [-0.4, -0.2) is 23.8 Å². The standard InChI is InChI=1S/C15H16N4O2/c1-9-5-6-10(14(20)17-2)8-12(9)19-15(21)13-11(16)4-3-7-18-13/h3-8H,16H2,1-2H3,(H,17,20)(H,19,21). The second kappa shape index (κ2) is 6.04. The number of pyridine rings is 1. The summed E-state index contributed by atoms with van der Waals surface area (Å²) in [6.07, 6.45) is 1.50. The van der Waals surface area contributed by atoms with E-state index in [9.17, 15) is 9.59 Å². The number of anilines is 2. The van der Waals surface area contributed by atoms with Crippen molar-refractivity contribution >= 4 is 23.2 Å². The second-order valence-corrected chi connectivity index (χ2v) is 4.50. The van der Waals surface area contributed by atoms with Crippen molar-refractivity contribution in [3.8, 4) is 0 Å². The molecule has 0 radical (unpaired) electrons. The van der Waals surface area contributed by atoms with E-state index in [1.807, 2.05) is 6.92 Å². The Morgan fingerprint density at radius 2 is 1.95 bits per heavy atom. The maximum absolute atomic E-state index is 12.2. The van der Waals surface area contributed by atoms with Crippen molar-refractivity contribution in [2.24, 2.45) is 0 Å². The molecular formula is C15H16N4O2. The number of nitrogens with zero attached hydrogens (tertiary/aromatic N) is 1. The fraction of sp³-hybridized carbons (Fsp3) is 0.133. The van der Waals surface area contributed by atoms with Crippen LogP contribution in [-0.2, 0) is 0 Å². The molecule has 21 heavy (non-hydrogen) atoms. The monoisotopic (exact) mass is 284 g/mol. The fourth-order valence-corrected chi connectivity index (χ4v) is 1.83. The number of nitrogens with one attached hydrogen (secondary N) is 2. The summed E-state index contributed by atoms with van der Waals surface area (Å²) >= 11 is 0. The van der Waals surface area contributed by atoms with E-state index >= 15 is 0 Å². The first-order valence-corrected chi connectivity index (χ1v) is 6.37. The van der Waals surface area contributed by atoms with Crippen molar-refractivity contribution in [3.05, 3.63) is 53.3 Å². The van der Waals surface area contributed by atoms with Crippen LogP contribution in [0.4, 0.5) is 11.4 Å². The van der Waals surface area contributed by atoms with Crippen molar-refractivity contribution in [1.82, 2.24) is 10.3 Å². The molecule has 6 heteroatoms. The highest BCUT2D eigenvalue weighted by Crippen LogP contribution is 2.18. The highest BCUT2D eigenvalue weighted by molar-refractivity contribution is 6.07. The predicted molar refractivity (Wildman–Crippen MR) is 81.2 cm³/mol. The van der Waals surface area contributed by atoms with Crippen LogP contribution in [0.3, 0.4) is 0 Å². The Morgan fingerprint density at radius 3 is 2.62 bits per heavy atom. The van der Waals surface area contributed by atoms with Gasteiger partial charge in [0.25, 0.3) is 11.8 Å². The quantitative estimate of drug-likeness (QED) is 0.797. The molecule has 0 atom stereocenters. The number of nitrogen functional groups attached to an aromatic ring is 1. The molecule has 0 unspecified atom stereocenters. The third-order valence-electron chi connectivity index (χ3n) is 3.03. The number of benzene rings is 1. The van der Waals surface area contributed by atoms with Gasteiger partial charge in [-0.2, -0.15) is 0 Å². The van der Waals surface area contributed by atoms with Crippen molar-refractivity contribution in [2.45, 2.75) is 6.92 Å². The summed E-state index contributed by atoms with van der Waals surface area (Å²) in [5.74, 6) is -0.631. The van der Waals surface area contributed by atoms with Gasteiger partial charge in [0, 0.05) is 24.5 Å². The smallest absolute Gasteiger partial charge is 0.276 e. The summed E-state index contributed by atoms with van der Waals surface area (Å²) in [6.45, 7) is 1.84. The van der Waals surface area contributed by atoms with Crippen molar-refractivity contribution in [1.29, 1.82) is 0 Å². The first-order chi connectivity index (χ1) is 10.0. The lowest BCUT2D eigenvalue weighted by molar-refractivity contribution is 0.0961. The minimum Gasteiger partial charge on any atom is -0.397 e. The zero-order valence-corrected chi connectivity index (χ0v) is 11.8. The molecule has 0 aliphatic carbocycles. The Hall–Kier alpha value is -2.89. The molecule has 4 N–H and O–H groups in total. The fourth-order valence-electron chi connectivity index (χ4n) is 1.83. The minimum absolute atomic E-state index is 0.155. The van der Waals surface area contributed by atoms with Gasteiger partial charge in [-0.3, -0.25) is 9.59 Å². The maximum Gasteiger partial charge on any atom is 0.276 e. The first-order valence-electron chi connectivity index (χ1n) is 6.37. The summed E-state index contributed by atoms with van der Waals surface area (Å²) < 4.78 is 0. The molecule has 6 nitrogen and oxygen atoms in total. The summed E-state index contributed by atoms with van der Waals surface area (Å²) in [7, 11) is 1.55. The molecule has 0 aliphatic rings. The SMILES string of the molecule is CNC(=O)c1ccc(C)c(NC(=O)c2ncccc2N)c1. The van der Waals surface area contributed by atoms with Gasteiger partial charge in [-0.25, -0.2) is 4.98 Å². The number of carbonyl (C=O) groups is 2. The van der Waals surface area contributed by atoms with Gasteiger partial charge in [-0.05, 0) is 36.8 Å². The van der Waals surface area contributed by atoms with E-state index in [-0.39, 0.29) is 11.6 Å². The van der Waals surface area contributed by atoms with E-state index in [0.29, 0.717) is 16.9 Å². The molecule has 0 saturated heterocycles. The van der Waals surface area contributed by atoms with Gasteiger partial charge in [0.15, 0.2) is 5.69 Å². The number of aryl methyl sites for hydroxylation is 1. The zero-order valence-electron chi connectivity index (χ0n) is 11.8. The molecule has 2 amide bonds. The average molecular weight is 284 g/mol. The van der Waals surface area contributed by atoms with Gasteiger partial charge in [0.1, 0.15) is 0 Å². The number of carbonyl (C=O) groups excluding carboxylic acids is 2. The van der Waals surface area contributed by atoms with E-state index in [0.717, 1.165) is 5.56 Å². The largest absolute Gasteiger partial charge is 0.397 e. The number of hydrogen-bond donors (Lipinski definition) is 3. The Kier molecular flexibility index (Phi) is 4.18. The number of nitrogens with two attached hydrogens (primary N) is 1. The van der Waals surface area contributed by atoms with Gasteiger partial charge >= 0.3 is 0 Å². The zero-order chi connectivity index (χ0) is 15.4. The molecule has 1 heterocycles. The number of amides is 2. The van der Waals surface area contributed by atoms with Gasteiger partial charge in [-0.15, -0.1) is 0 Å². The van der Waals surface area contributed by atoms with Crippen LogP contribution in [0.2, 0.25) is 0 Å². The van der Waals surface area contributed by atoms with Crippen LogP contribution in [0, 0.1) is 6.92 Å². The van der Waals surface area contributed by atoms with E-state index in [1.54, 1.807) is 37.4 Å². The van der Waals surface area contributed by atoms with Gasteiger partial charge in [-0.1, -0.05) is 6.07 Å². The third kappa shape index (κ3) is 3.17. The second-order valence-electron chi connectivity index (χ2n) is 4.50. The molecule has 0 aliphatic heterocycles. The molecule has 1 aromatic carbocycles. The lowest BCUT2D eigenvalue weighted by Gasteiger charge is -2.10. The Bertz CT molecular complexity index is 698. The minimum atomic E-state index is -0.412. The van der Waals surface area contributed by atoms with Crippen LogP contribution in [0.1, 0.15) is 26.4 Å². The number of hydrogen-bond acceptors (Lipinski definition) is 4. The van der Waals surface area contributed by atoms with Crippen molar-refractivity contribution < 1.29 is 9.59 Å². The molecule has 108 valence electrons. The third-order valence-corrected chi connectivity index (χ3v) is 3.03. The van der Waals surface area contributed by atoms with E-state index in [4.69, 9.17) is 5.73 Å². The van der Waals surface area contributed by atoms with Crippen molar-refractivity contribution in [3.63, 3.8) is 0 Å². The van der Waals surface area contributed by atoms with E-state index in [1.165, 1.54) is 6.20 Å². The molecular weight excluding hydrogens is 268 g/mol. The maximum atomic E-state index is 12.2. The lowest BCUT2D eigenvalue weighted by Crippen LogP contribution is -2.19. The van der Waals surface area contributed by atoms with Gasteiger partial charge in [0.05, 0.1) is 5.69 Å². The van der Waals surface area contributed by atoms with Crippen LogP contribution in [0.25, 0.3) is 0 Å². The number of aromatic nitrogens is 1. The first kappa shape index (κ1) is 14.5. The summed E-state index contributed by atoms with van der Waals surface area (Å²) in [6, 6.07) is 8.34. The van der Waals surface area contributed by atoms with Gasteiger partial charge < -0.3 is 16.4 Å². The predicted octanol–water partition coefficient (Wildman–Crippen LogP) is 1.58. The van der Waals surface area contributed by atoms with Crippen LogP contribution in [0.5, 0.6) is 0 Å². The van der Waals surface area contributed by atoms with Crippen LogP contribution in [0.15, 0.2) is 36.5 Å². The Labute approximate surface area is 122 Å². The topological polar surface area (TPSA) is 97.1 Å². The Balaban J connectivity index is 2.29. The van der Waals surface area contributed by atoms with Crippen LogP contribution >= 0.6 is 0 Å². The van der Waals surface area contributed by atoms with Crippen molar-refractivity contribution in [2.75, 3.05) is 18.1 Å². The summed E-state index contributed by atoms with van der Waals surface area (Å²) in [5, 5.41) is 5.26. The van der Waals surface area contributed by atoms with Crippen LogP contribution < -0.4 is 16.4 Å². The Morgan fingerprint density at radius 1 is 1.19 bits per heavy atom. The lowest BCUT2D eigenvalue weighted by atomic mass is 10.1. The number of rotatable bonds is 3. The molecule has 0 spiro atoms. The molecule has 0 saturated carbocycles. The molecule has 2 rings (SSSR count). The van der Waals surface area contributed by atoms with E-state index < -0.39 is 5.91 Å². The average Bonchev–Trinajstić information content (AvgIpc) is 2.49. The normalized spacial score (nSPS) is 10.0. The summed E-state index contributed by atoms with van der Waals surface area (Å²) in [4.78, 5) is 27.8. The molecule has 1 aromatic heterocycles. The highest BCUT2D eigenvalue weighted by atomic mass is 16.2. The molecule has 2 aromatic rings.